The fourth-order valence-electron chi connectivity index (χ4n) is 1.97. The number of nitriles is 1. The van der Waals surface area contributed by atoms with Crippen LogP contribution in [0.2, 0.25) is 0 Å². The molecule has 5 heteroatoms. The molecule has 1 aliphatic heterocycles. The second kappa shape index (κ2) is 5.80. The quantitative estimate of drug-likeness (QED) is 0.868. The topological polar surface area (TPSA) is 75.2 Å². The fourth-order valence-corrected chi connectivity index (χ4v) is 1.97. The van der Waals surface area contributed by atoms with E-state index in [1.165, 1.54) is 0 Å². The molecule has 0 spiro atoms. The minimum atomic E-state index is -0.351. The number of nitrogens with two attached hydrogens (primary N) is 1. The van der Waals surface area contributed by atoms with Crippen LogP contribution in [-0.4, -0.2) is 30.8 Å². The van der Waals surface area contributed by atoms with E-state index in [-0.39, 0.29) is 12.1 Å². The summed E-state index contributed by atoms with van der Waals surface area (Å²) in [5.41, 5.74) is 7.85. The molecule has 0 saturated carbocycles. The van der Waals surface area contributed by atoms with Crippen LogP contribution in [0.3, 0.4) is 0 Å². The zero-order chi connectivity index (χ0) is 13.0. The van der Waals surface area contributed by atoms with E-state index in [4.69, 9.17) is 15.7 Å². The number of hydrogen-bond donors (Lipinski definition) is 1. The van der Waals surface area contributed by atoms with Crippen molar-refractivity contribution >= 4 is 5.69 Å². The Hall–Kier alpha value is -1.64. The van der Waals surface area contributed by atoms with Crippen molar-refractivity contribution in [2.75, 3.05) is 24.6 Å². The molecule has 0 aromatic carbocycles. The molecule has 0 aliphatic carbocycles. The van der Waals surface area contributed by atoms with Gasteiger partial charge in [-0.25, -0.2) is 0 Å². The lowest BCUT2D eigenvalue weighted by Gasteiger charge is -2.31. The van der Waals surface area contributed by atoms with E-state index in [9.17, 15) is 0 Å². The third-order valence-electron chi connectivity index (χ3n) is 3.17. The Kier molecular flexibility index (Phi) is 4.13. The van der Waals surface area contributed by atoms with Crippen molar-refractivity contribution in [3.63, 3.8) is 0 Å². The minimum Gasteiger partial charge on any atom is -0.364 e. The molecule has 18 heavy (non-hydrogen) atoms. The van der Waals surface area contributed by atoms with Gasteiger partial charge in [-0.15, -0.1) is 0 Å². The molecule has 1 unspecified atom stereocenters. The number of pyridine rings is 1. The molecule has 0 radical (unpaired) electrons. The van der Waals surface area contributed by atoms with E-state index < -0.39 is 0 Å². The first-order valence-corrected chi connectivity index (χ1v) is 6.22. The van der Waals surface area contributed by atoms with Gasteiger partial charge in [0, 0.05) is 12.6 Å². The maximum Gasteiger partial charge on any atom is 0.161 e. The highest BCUT2D eigenvalue weighted by Gasteiger charge is 2.20. The van der Waals surface area contributed by atoms with Crippen LogP contribution in [0, 0.1) is 11.3 Å². The Morgan fingerprint density at radius 2 is 2.50 bits per heavy atom. The predicted molar refractivity (Wildman–Crippen MR) is 69.0 cm³/mol. The maximum atomic E-state index is 8.87. The minimum absolute atomic E-state index is 0.00408. The predicted octanol–water partition coefficient (Wildman–Crippen LogP) is 1.22. The zero-order valence-electron chi connectivity index (χ0n) is 10.5. The lowest BCUT2D eigenvalue weighted by Crippen LogP contribution is -2.41. The number of aromatic nitrogens is 1. The summed E-state index contributed by atoms with van der Waals surface area (Å²) in [6.45, 7) is 4.00. The first-order valence-electron chi connectivity index (χ1n) is 6.22. The normalized spacial score (nSPS) is 21.4. The van der Waals surface area contributed by atoms with Crippen molar-refractivity contribution in [2.45, 2.75) is 25.5 Å². The summed E-state index contributed by atoms with van der Waals surface area (Å²) >= 11 is 0. The molecule has 2 rings (SSSR count). The van der Waals surface area contributed by atoms with Crippen LogP contribution >= 0.6 is 0 Å². The Morgan fingerprint density at radius 1 is 1.67 bits per heavy atom. The molecule has 0 amide bonds. The van der Waals surface area contributed by atoms with Gasteiger partial charge in [0.15, 0.2) is 6.10 Å². The van der Waals surface area contributed by atoms with Gasteiger partial charge in [0.25, 0.3) is 0 Å². The standard InChI is InChI=1S/C13H18N4O/c1-2-12(15)13-4-3-10(8-16-13)17-5-6-18-11(7-14)9-17/h3-4,8,11-12H,2,5-6,9,15H2,1H3/t11?,12-/m1/s1. The molecule has 1 aromatic heterocycles. The van der Waals surface area contributed by atoms with Gasteiger partial charge in [-0.1, -0.05) is 6.92 Å². The van der Waals surface area contributed by atoms with Crippen LogP contribution in [0.15, 0.2) is 18.3 Å². The van der Waals surface area contributed by atoms with Gasteiger partial charge in [-0.2, -0.15) is 5.26 Å². The van der Waals surface area contributed by atoms with E-state index in [0.717, 1.165) is 24.3 Å². The molecule has 2 atom stereocenters. The van der Waals surface area contributed by atoms with Crippen LogP contribution in [0.25, 0.3) is 0 Å². The Labute approximate surface area is 107 Å². The number of hydrogen-bond acceptors (Lipinski definition) is 5. The summed E-state index contributed by atoms with van der Waals surface area (Å²) in [6.07, 6.45) is 2.35. The van der Waals surface area contributed by atoms with Gasteiger partial charge in [-0.3, -0.25) is 4.98 Å². The van der Waals surface area contributed by atoms with Crippen LogP contribution < -0.4 is 10.6 Å². The summed E-state index contributed by atoms with van der Waals surface area (Å²) in [4.78, 5) is 6.50. The number of anilines is 1. The molecule has 5 nitrogen and oxygen atoms in total. The molecule has 0 bridgehead atoms. The van der Waals surface area contributed by atoms with Gasteiger partial charge in [0.1, 0.15) is 0 Å². The number of morpholine rings is 1. The fraction of sp³-hybridized carbons (Fsp3) is 0.538. The van der Waals surface area contributed by atoms with Crippen molar-refractivity contribution in [3.05, 3.63) is 24.0 Å². The lowest BCUT2D eigenvalue weighted by molar-refractivity contribution is 0.0764. The summed E-state index contributed by atoms with van der Waals surface area (Å²) in [6, 6.07) is 6.10. The zero-order valence-corrected chi connectivity index (χ0v) is 10.5. The summed E-state index contributed by atoms with van der Waals surface area (Å²) in [7, 11) is 0. The number of ether oxygens (including phenoxy) is 1. The first kappa shape index (κ1) is 12.8. The third kappa shape index (κ3) is 2.78. The average Bonchev–Trinajstić information content (AvgIpc) is 2.46. The van der Waals surface area contributed by atoms with Gasteiger partial charge >= 0.3 is 0 Å². The van der Waals surface area contributed by atoms with E-state index >= 15 is 0 Å². The van der Waals surface area contributed by atoms with Gasteiger partial charge in [0.05, 0.1) is 36.8 Å². The molecule has 96 valence electrons. The van der Waals surface area contributed by atoms with Crippen molar-refractivity contribution < 1.29 is 4.74 Å². The Balaban J connectivity index is 2.07. The summed E-state index contributed by atoms with van der Waals surface area (Å²) in [5.74, 6) is 0. The highest BCUT2D eigenvalue weighted by molar-refractivity contribution is 5.45. The Morgan fingerprint density at radius 3 is 3.11 bits per heavy atom. The summed E-state index contributed by atoms with van der Waals surface area (Å²) in [5, 5.41) is 8.87. The molecule has 1 aromatic rings. The number of nitrogens with zero attached hydrogens (tertiary/aromatic N) is 3. The second-order valence-corrected chi connectivity index (χ2v) is 4.39. The van der Waals surface area contributed by atoms with Gasteiger partial charge < -0.3 is 15.4 Å². The van der Waals surface area contributed by atoms with Crippen molar-refractivity contribution in [1.29, 1.82) is 5.26 Å². The van der Waals surface area contributed by atoms with Crippen molar-refractivity contribution in [3.8, 4) is 6.07 Å². The molecule has 1 saturated heterocycles. The van der Waals surface area contributed by atoms with Crippen molar-refractivity contribution in [1.82, 2.24) is 4.98 Å². The second-order valence-electron chi connectivity index (χ2n) is 4.39. The van der Waals surface area contributed by atoms with Gasteiger partial charge in [-0.05, 0) is 18.6 Å². The SMILES string of the molecule is CC[C@@H](N)c1ccc(N2CCOC(C#N)C2)cn1. The van der Waals surface area contributed by atoms with Gasteiger partial charge in [0.2, 0.25) is 0 Å². The van der Waals surface area contributed by atoms with E-state index in [1.54, 1.807) is 0 Å². The van der Waals surface area contributed by atoms with E-state index in [1.807, 2.05) is 25.3 Å². The third-order valence-corrected chi connectivity index (χ3v) is 3.17. The molecule has 1 aliphatic rings. The first-order chi connectivity index (χ1) is 8.74. The van der Waals surface area contributed by atoms with Crippen LogP contribution in [0.1, 0.15) is 25.1 Å². The maximum absolute atomic E-state index is 8.87. The average molecular weight is 246 g/mol. The van der Waals surface area contributed by atoms with Crippen LogP contribution in [-0.2, 0) is 4.74 Å². The lowest BCUT2D eigenvalue weighted by atomic mass is 10.1. The smallest absolute Gasteiger partial charge is 0.161 e. The van der Waals surface area contributed by atoms with Crippen LogP contribution in [0.5, 0.6) is 0 Å². The highest BCUT2D eigenvalue weighted by Crippen LogP contribution is 2.19. The highest BCUT2D eigenvalue weighted by atomic mass is 16.5. The van der Waals surface area contributed by atoms with Crippen molar-refractivity contribution in [2.24, 2.45) is 5.73 Å². The van der Waals surface area contributed by atoms with E-state index in [2.05, 4.69) is 16.0 Å². The number of rotatable bonds is 3. The largest absolute Gasteiger partial charge is 0.364 e. The summed E-state index contributed by atoms with van der Waals surface area (Å²) < 4.78 is 5.31. The molecule has 2 heterocycles. The van der Waals surface area contributed by atoms with Crippen LogP contribution in [0.4, 0.5) is 5.69 Å². The van der Waals surface area contributed by atoms with E-state index in [0.29, 0.717) is 13.2 Å². The molecule has 2 N–H and O–H groups in total. The molecular weight excluding hydrogens is 228 g/mol. The molecule has 1 fully saturated rings. The molecular formula is C13H18N4O. The monoisotopic (exact) mass is 246 g/mol. The Bertz CT molecular complexity index is 426.